The Morgan fingerprint density at radius 3 is 2.63 bits per heavy atom. The summed E-state index contributed by atoms with van der Waals surface area (Å²) in [5.41, 5.74) is 7.64. The van der Waals surface area contributed by atoms with Crippen molar-refractivity contribution in [3.8, 4) is 11.1 Å². The van der Waals surface area contributed by atoms with Gasteiger partial charge in [0.05, 0.1) is 19.9 Å². The van der Waals surface area contributed by atoms with Crippen molar-refractivity contribution in [2.45, 2.75) is 51.1 Å². The molecule has 1 aromatic heterocycles. The molecule has 0 saturated carbocycles. The number of piperidine rings is 1. The number of aromatic nitrogens is 2. The standard InChI is InChI=1S/C29H33F2N5O2/c1-34-15-22(14-33-34)23-11-19-4-3-9-36(26(19)13-24(23)28(30)31)27-12-20(18-5-7-32-8-6-18)10-21-16-35(17-25(21)27)29(37)38-2/h10-15,18,28,32H,3-9,16-17H2,1-2H3. The van der Waals surface area contributed by atoms with Gasteiger partial charge in [-0.15, -0.1) is 0 Å². The van der Waals surface area contributed by atoms with E-state index in [0.717, 1.165) is 73.4 Å². The van der Waals surface area contributed by atoms with Gasteiger partial charge >= 0.3 is 6.09 Å². The van der Waals surface area contributed by atoms with E-state index in [2.05, 4.69) is 27.4 Å². The first-order valence-electron chi connectivity index (χ1n) is 13.3. The van der Waals surface area contributed by atoms with Crippen LogP contribution in [0.4, 0.5) is 25.0 Å². The summed E-state index contributed by atoms with van der Waals surface area (Å²) < 4.78 is 35.5. The molecule has 7 nitrogen and oxygen atoms in total. The number of carbonyl (C=O) groups excluding carboxylic acids is 1. The van der Waals surface area contributed by atoms with Gasteiger partial charge < -0.3 is 15.0 Å². The Bertz CT molecular complexity index is 1370. The van der Waals surface area contributed by atoms with Crippen LogP contribution >= 0.6 is 0 Å². The summed E-state index contributed by atoms with van der Waals surface area (Å²) in [4.78, 5) is 16.4. The topological polar surface area (TPSA) is 62.6 Å². The second-order valence-electron chi connectivity index (χ2n) is 10.6. The van der Waals surface area contributed by atoms with Crippen LogP contribution in [0.5, 0.6) is 0 Å². The number of nitrogens with one attached hydrogen (secondary N) is 1. The largest absolute Gasteiger partial charge is 0.453 e. The summed E-state index contributed by atoms with van der Waals surface area (Å²) in [7, 11) is 3.19. The molecule has 0 bridgehead atoms. The van der Waals surface area contributed by atoms with E-state index < -0.39 is 6.43 Å². The Balaban J connectivity index is 1.47. The average Bonchev–Trinajstić information content (AvgIpc) is 3.57. The van der Waals surface area contributed by atoms with Crippen LogP contribution in [0.1, 0.15) is 59.4 Å². The molecular formula is C29H33F2N5O2. The van der Waals surface area contributed by atoms with E-state index in [4.69, 9.17) is 4.74 Å². The number of alkyl halides is 2. The van der Waals surface area contributed by atoms with Gasteiger partial charge in [0.2, 0.25) is 0 Å². The molecule has 0 radical (unpaired) electrons. The summed E-state index contributed by atoms with van der Waals surface area (Å²) in [6.45, 7) is 3.64. The molecule has 6 rings (SSSR count). The quantitative estimate of drug-likeness (QED) is 0.480. The lowest BCUT2D eigenvalue weighted by Gasteiger charge is -2.35. The number of amides is 1. The second-order valence-corrected chi connectivity index (χ2v) is 10.6. The van der Waals surface area contributed by atoms with Gasteiger partial charge in [-0.1, -0.05) is 6.07 Å². The minimum absolute atomic E-state index is 0.0194. The number of ether oxygens (including phenoxy) is 1. The molecule has 38 heavy (non-hydrogen) atoms. The summed E-state index contributed by atoms with van der Waals surface area (Å²) in [5.74, 6) is 0.432. The molecule has 3 aliphatic rings. The van der Waals surface area contributed by atoms with Crippen molar-refractivity contribution >= 4 is 17.5 Å². The Hall–Kier alpha value is -3.46. The minimum atomic E-state index is -2.61. The molecule has 1 amide bonds. The Morgan fingerprint density at radius 2 is 1.92 bits per heavy atom. The summed E-state index contributed by atoms with van der Waals surface area (Å²) >= 11 is 0. The SMILES string of the molecule is COC(=O)N1Cc2cc(C3CCNCC3)cc(N3CCCc4cc(-c5cnn(C)c5)c(C(F)F)cc43)c2C1. The van der Waals surface area contributed by atoms with Crippen molar-refractivity contribution in [1.82, 2.24) is 20.0 Å². The molecule has 200 valence electrons. The summed E-state index contributed by atoms with van der Waals surface area (Å²) in [6.07, 6.45) is 4.32. The Labute approximate surface area is 221 Å². The molecule has 1 fully saturated rings. The van der Waals surface area contributed by atoms with Crippen molar-refractivity contribution in [3.05, 3.63) is 64.5 Å². The maximum atomic E-state index is 14.4. The molecule has 4 heterocycles. The zero-order valence-electron chi connectivity index (χ0n) is 21.8. The molecule has 2 aromatic carbocycles. The number of anilines is 2. The highest BCUT2D eigenvalue weighted by molar-refractivity contribution is 5.79. The molecule has 9 heteroatoms. The van der Waals surface area contributed by atoms with Crippen LogP contribution in [0.25, 0.3) is 11.1 Å². The number of nitrogens with zero attached hydrogens (tertiary/aromatic N) is 4. The molecule has 0 spiro atoms. The molecule has 3 aliphatic heterocycles. The first-order valence-corrected chi connectivity index (χ1v) is 13.3. The summed E-state index contributed by atoms with van der Waals surface area (Å²) in [6, 6.07) is 8.11. The van der Waals surface area contributed by atoms with Crippen LogP contribution < -0.4 is 10.2 Å². The van der Waals surface area contributed by atoms with Gasteiger partial charge in [0.25, 0.3) is 6.43 Å². The number of fused-ring (bicyclic) bond motifs is 2. The predicted molar refractivity (Wildman–Crippen MR) is 142 cm³/mol. The van der Waals surface area contributed by atoms with Gasteiger partial charge in [-0.3, -0.25) is 9.58 Å². The number of benzene rings is 2. The fraction of sp³-hybridized carbons (Fsp3) is 0.448. The first-order chi connectivity index (χ1) is 18.4. The highest BCUT2D eigenvalue weighted by atomic mass is 19.3. The van der Waals surface area contributed by atoms with E-state index in [1.807, 2.05) is 6.07 Å². The fourth-order valence-electron chi connectivity index (χ4n) is 6.30. The molecule has 0 atom stereocenters. The van der Waals surface area contributed by atoms with E-state index in [9.17, 15) is 13.6 Å². The van der Waals surface area contributed by atoms with Crippen LogP contribution in [0.15, 0.2) is 36.7 Å². The van der Waals surface area contributed by atoms with Crippen molar-refractivity contribution in [2.75, 3.05) is 31.6 Å². The minimum Gasteiger partial charge on any atom is -0.453 e. The van der Waals surface area contributed by atoms with E-state index >= 15 is 0 Å². The van der Waals surface area contributed by atoms with E-state index in [0.29, 0.717) is 30.1 Å². The van der Waals surface area contributed by atoms with Crippen LogP contribution in [0.3, 0.4) is 0 Å². The number of hydrogen-bond acceptors (Lipinski definition) is 5. The molecular weight excluding hydrogens is 488 g/mol. The maximum Gasteiger partial charge on any atom is 0.410 e. The zero-order chi connectivity index (χ0) is 26.4. The van der Waals surface area contributed by atoms with Gasteiger partial charge in [-0.05, 0) is 85.1 Å². The van der Waals surface area contributed by atoms with E-state index in [-0.39, 0.29) is 11.7 Å². The van der Waals surface area contributed by atoms with Gasteiger partial charge in [0, 0.05) is 54.4 Å². The van der Waals surface area contributed by atoms with Gasteiger partial charge in [0.15, 0.2) is 0 Å². The van der Waals surface area contributed by atoms with Crippen molar-refractivity contribution < 1.29 is 18.3 Å². The monoisotopic (exact) mass is 521 g/mol. The molecule has 3 aromatic rings. The highest BCUT2D eigenvalue weighted by Crippen LogP contribution is 2.45. The lowest BCUT2D eigenvalue weighted by atomic mass is 9.87. The van der Waals surface area contributed by atoms with Crippen molar-refractivity contribution in [2.24, 2.45) is 7.05 Å². The number of methoxy groups -OCH3 is 1. The van der Waals surface area contributed by atoms with Crippen molar-refractivity contribution in [3.63, 3.8) is 0 Å². The summed E-state index contributed by atoms with van der Waals surface area (Å²) in [5, 5.41) is 7.64. The first kappa shape index (κ1) is 24.9. The normalized spacial score (nSPS) is 17.6. The zero-order valence-corrected chi connectivity index (χ0v) is 21.8. The van der Waals surface area contributed by atoms with E-state index in [1.165, 1.54) is 12.7 Å². The number of hydrogen-bond donors (Lipinski definition) is 1. The number of halogens is 2. The third-order valence-corrected chi connectivity index (χ3v) is 8.21. The van der Waals surface area contributed by atoms with Gasteiger partial charge in [-0.25, -0.2) is 13.6 Å². The van der Waals surface area contributed by atoms with Crippen LogP contribution in [-0.2, 0) is 31.3 Å². The van der Waals surface area contributed by atoms with Gasteiger partial charge in [-0.2, -0.15) is 5.10 Å². The van der Waals surface area contributed by atoms with Crippen molar-refractivity contribution in [1.29, 1.82) is 0 Å². The predicted octanol–water partition coefficient (Wildman–Crippen LogP) is 5.66. The lowest BCUT2D eigenvalue weighted by Crippen LogP contribution is -2.28. The maximum absolute atomic E-state index is 14.4. The lowest BCUT2D eigenvalue weighted by molar-refractivity contribution is 0.123. The van der Waals surface area contributed by atoms with Crippen LogP contribution in [-0.4, -0.2) is 47.5 Å². The molecule has 0 aliphatic carbocycles. The number of carbonyl (C=O) groups is 1. The number of rotatable bonds is 4. The second kappa shape index (κ2) is 10.0. The Kier molecular flexibility index (Phi) is 6.55. The van der Waals surface area contributed by atoms with Crippen LogP contribution in [0, 0.1) is 0 Å². The fourth-order valence-corrected chi connectivity index (χ4v) is 6.30. The van der Waals surface area contributed by atoms with Crippen LogP contribution in [0.2, 0.25) is 0 Å². The molecule has 1 N–H and O–H groups in total. The number of aryl methyl sites for hydroxylation is 2. The average molecular weight is 522 g/mol. The molecule has 0 unspecified atom stereocenters. The van der Waals surface area contributed by atoms with Gasteiger partial charge in [0.1, 0.15) is 0 Å². The third kappa shape index (κ3) is 4.42. The smallest absolute Gasteiger partial charge is 0.410 e. The van der Waals surface area contributed by atoms with E-state index in [1.54, 1.807) is 35.1 Å². The highest BCUT2D eigenvalue weighted by Gasteiger charge is 2.32. The molecule has 1 saturated heterocycles. The third-order valence-electron chi connectivity index (χ3n) is 8.21. The Morgan fingerprint density at radius 1 is 1.11 bits per heavy atom.